The largest absolute Gasteiger partial charge is 1.00 e. The van der Waals surface area contributed by atoms with Crippen LogP contribution in [0, 0.1) is 0 Å². The van der Waals surface area contributed by atoms with Gasteiger partial charge in [-0.25, -0.2) is 0 Å². The third-order valence-electron chi connectivity index (χ3n) is 1.06. The Kier molecular flexibility index (Phi) is 11.1. The van der Waals surface area contributed by atoms with Crippen molar-refractivity contribution in [2.75, 3.05) is 12.3 Å². The molecule has 0 aromatic rings. The summed E-state index contributed by atoms with van der Waals surface area (Å²) in [6.45, 7) is 1.40. The van der Waals surface area contributed by atoms with Crippen molar-refractivity contribution >= 4 is 28.8 Å². The molecule has 0 saturated carbocycles. The van der Waals surface area contributed by atoms with Crippen molar-refractivity contribution in [2.45, 2.75) is 13.3 Å². The molecule has 14 heavy (non-hydrogen) atoms. The number of carboxylic acids is 1. The third-order valence-corrected chi connectivity index (χ3v) is 1.87. The van der Waals surface area contributed by atoms with E-state index in [-0.39, 0.29) is 59.3 Å². The summed E-state index contributed by atoms with van der Waals surface area (Å²) in [7, 11) is 0. The monoisotopic (exact) mass is 227 g/mol. The van der Waals surface area contributed by atoms with Crippen LogP contribution >= 0.6 is 11.8 Å². The first-order valence-corrected chi connectivity index (χ1v) is 4.61. The molecule has 0 atom stereocenters. The fourth-order valence-corrected chi connectivity index (χ4v) is 0.959. The van der Waals surface area contributed by atoms with Crippen LogP contribution in [0.3, 0.4) is 0 Å². The van der Waals surface area contributed by atoms with E-state index in [0.717, 1.165) is 11.8 Å². The molecule has 1 N–H and O–H groups in total. The molecule has 0 aliphatic rings. The van der Waals surface area contributed by atoms with Crippen LogP contribution in [0.15, 0.2) is 0 Å². The van der Waals surface area contributed by atoms with Crippen LogP contribution in [0.25, 0.3) is 0 Å². The predicted octanol–water partition coefficient (Wildman–Crippen LogP) is -4.47. The van der Waals surface area contributed by atoms with E-state index in [0.29, 0.717) is 0 Å². The Labute approximate surface area is 108 Å². The summed E-state index contributed by atoms with van der Waals surface area (Å²) in [5.41, 5.74) is 0. The zero-order valence-corrected chi connectivity index (χ0v) is 11.0. The first-order chi connectivity index (χ1) is 6.02. The topological polar surface area (TPSA) is 86.3 Å². The van der Waals surface area contributed by atoms with E-state index >= 15 is 0 Å². The number of nitrogens with one attached hydrogen (secondary N) is 1. The molecule has 74 valence electrons. The van der Waals surface area contributed by atoms with Crippen molar-refractivity contribution in [3.8, 4) is 0 Å². The second kappa shape index (κ2) is 9.51. The maximum Gasteiger partial charge on any atom is 1.00 e. The van der Waals surface area contributed by atoms with Gasteiger partial charge < -0.3 is 15.2 Å². The maximum absolute atomic E-state index is 10.8. The minimum absolute atomic E-state index is 0. The average Bonchev–Trinajstić information content (AvgIpc) is 2.00. The van der Waals surface area contributed by atoms with Gasteiger partial charge in [-0.2, -0.15) is 0 Å². The Hall–Kier alpha value is -0.0400. The van der Waals surface area contributed by atoms with E-state index in [4.69, 9.17) is 0 Å². The molecule has 0 fully saturated rings. The van der Waals surface area contributed by atoms with Gasteiger partial charge in [-0.3, -0.25) is 9.59 Å². The van der Waals surface area contributed by atoms with Gasteiger partial charge in [0.05, 0.1) is 5.75 Å². The minimum atomic E-state index is -1.21. The molecule has 0 unspecified atom stereocenters. The minimum Gasteiger partial charge on any atom is -0.550 e. The summed E-state index contributed by atoms with van der Waals surface area (Å²) in [6.07, 6.45) is -0.212. The molecular weight excluding hydrogens is 217 g/mol. The van der Waals surface area contributed by atoms with Crippen LogP contribution in [0.5, 0.6) is 0 Å². The zero-order chi connectivity index (χ0) is 10.3. The Morgan fingerprint density at radius 2 is 1.93 bits per heavy atom. The Morgan fingerprint density at radius 1 is 1.36 bits per heavy atom. The first-order valence-electron chi connectivity index (χ1n) is 3.62. The number of carboxylic acid groups (broad SMARTS) is 1. The van der Waals surface area contributed by atoms with Crippen molar-refractivity contribution in [3.63, 3.8) is 0 Å². The summed E-state index contributed by atoms with van der Waals surface area (Å²) < 4.78 is 0. The molecule has 7 heteroatoms. The van der Waals surface area contributed by atoms with Gasteiger partial charge in [-0.1, -0.05) is 11.8 Å². The third kappa shape index (κ3) is 12.0. The molecule has 0 saturated heterocycles. The van der Waals surface area contributed by atoms with E-state index in [1.54, 1.807) is 0 Å². The summed E-state index contributed by atoms with van der Waals surface area (Å²) in [6, 6.07) is 0. The van der Waals surface area contributed by atoms with Gasteiger partial charge in [-0.05, 0) is 0 Å². The van der Waals surface area contributed by atoms with Gasteiger partial charge in [0.2, 0.25) is 5.91 Å². The summed E-state index contributed by atoms with van der Waals surface area (Å²) >= 11 is 0.884. The number of rotatable bonds is 5. The standard InChI is InChI=1S/C7H11NO4S.Na/c1-5(9)13-4-6(10)8-3-2-7(11)12;/h2-4H2,1H3,(H,8,10)(H,11,12);/q;+1/p-1. The van der Waals surface area contributed by atoms with Crippen molar-refractivity contribution < 1.29 is 49.0 Å². The molecule has 0 spiro atoms. The zero-order valence-electron chi connectivity index (χ0n) is 8.16. The number of amides is 1. The molecular formula is C7H10NNaO4S. The van der Waals surface area contributed by atoms with Crippen LogP contribution in [0.2, 0.25) is 0 Å². The van der Waals surface area contributed by atoms with Gasteiger partial charge in [0.25, 0.3) is 0 Å². The van der Waals surface area contributed by atoms with E-state index in [9.17, 15) is 19.5 Å². The fraction of sp³-hybridized carbons (Fsp3) is 0.571. The Morgan fingerprint density at radius 3 is 2.36 bits per heavy atom. The van der Waals surface area contributed by atoms with Crippen LogP contribution in [0.1, 0.15) is 13.3 Å². The second-order valence-electron chi connectivity index (χ2n) is 2.25. The van der Waals surface area contributed by atoms with Gasteiger partial charge in [-0.15, -0.1) is 0 Å². The van der Waals surface area contributed by atoms with Gasteiger partial charge >= 0.3 is 29.6 Å². The predicted molar refractivity (Wildman–Crippen MR) is 45.8 cm³/mol. The molecule has 0 aliphatic heterocycles. The molecule has 0 aromatic carbocycles. The average molecular weight is 227 g/mol. The van der Waals surface area contributed by atoms with E-state index in [2.05, 4.69) is 5.32 Å². The number of carbonyl (C=O) groups is 3. The Bertz CT molecular complexity index is 222. The molecule has 0 bridgehead atoms. The summed E-state index contributed by atoms with van der Waals surface area (Å²) in [5, 5.41) is 12.1. The molecule has 0 aliphatic carbocycles. The van der Waals surface area contributed by atoms with Gasteiger partial charge in [0, 0.05) is 25.9 Å². The second-order valence-corrected chi connectivity index (χ2v) is 3.40. The van der Waals surface area contributed by atoms with Crippen molar-refractivity contribution in [2.24, 2.45) is 0 Å². The molecule has 0 heterocycles. The van der Waals surface area contributed by atoms with E-state index in [1.165, 1.54) is 6.92 Å². The van der Waals surface area contributed by atoms with Gasteiger partial charge in [0.15, 0.2) is 5.12 Å². The molecule has 0 radical (unpaired) electrons. The molecule has 1 amide bonds. The van der Waals surface area contributed by atoms with Crippen molar-refractivity contribution in [1.82, 2.24) is 5.32 Å². The SMILES string of the molecule is CC(=O)SCC(=O)NCCC(=O)[O-].[Na+]. The molecule has 0 aromatic heterocycles. The van der Waals surface area contributed by atoms with Gasteiger partial charge in [0.1, 0.15) is 0 Å². The van der Waals surface area contributed by atoms with E-state index < -0.39 is 5.97 Å². The normalized spacial score (nSPS) is 8.64. The summed E-state index contributed by atoms with van der Waals surface area (Å²) in [4.78, 5) is 31.2. The van der Waals surface area contributed by atoms with Crippen LogP contribution in [-0.4, -0.2) is 29.3 Å². The summed E-state index contributed by atoms with van der Waals surface area (Å²) in [5.74, 6) is -1.52. The molecule has 5 nitrogen and oxygen atoms in total. The number of carbonyl (C=O) groups excluding carboxylic acids is 3. The number of thioether (sulfide) groups is 1. The molecule has 0 rings (SSSR count). The quantitative estimate of drug-likeness (QED) is 0.479. The number of hydrogen-bond acceptors (Lipinski definition) is 5. The van der Waals surface area contributed by atoms with Crippen molar-refractivity contribution in [3.05, 3.63) is 0 Å². The van der Waals surface area contributed by atoms with Crippen LogP contribution in [0.4, 0.5) is 0 Å². The van der Waals surface area contributed by atoms with Crippen LogP contribution < -0.4 is 40.0 Å². The maximum atomic E-state index is 10.8. The van der Waals surface area contributed by atoms with Crippen LogP contribution in [-0.2, 0) is 14.4 Å². The Balaban J connectivity index is 0. The van der Waals surface area contributed by atoms with E-state index in [1.807, 2.05) is 0 Å². The van der Waals surface area contributed by atoms with Crippen molar-refractivity contribution in [1.29, 1.82) is 0 Å². The fourth-order valence-electron chi connectivity index (χ4n) is 0.522. The number of hydrogen-bond donors (Lipinski definition) is 1. The first kappa shape index (κ1) is 16.4. The number of aliphatic carboxylic acids is 1. The smallest absolute Gasteiger partial charge is 0.550 e.